The molecule has 130 valence electrons. The predicted molar refractivity (Wildman–Crippen MR) is 99.7 cm³/mol. The zero-order chi connectivity index (χ0) is 16.7. The number of carbonyl (C=O) groups excluding carboxylic acids is 1. The van der Waals surface area contributed by atoms with Crippen LogP contribution in [-0.2, 0) is 4.79 Å². The third kappa shape index (κ3) is 6.60. The summed E-state index contributed by atoms with van der Waals surface area (Å²) in [5.74, 6) is 0.747. The molecule has 0 heterocycles. The second-order valence-electron chi connectivity index (χ2n) is 5.74. The Bertz CT molecular complexity index is 627. The average molecular weight is 349 g/mol. The molecule has 2 rings (SSSR count). The highest BCUT2D eigenvalue weighted by molar-refractivity contribution is 5.85. The van der Waals surface area contributed by atoms with Crippen molar-refractivity contribution in [2.24, 2.45) is 5.73 Å². The Kier molecular flexibility index (Phi) is 8.30. The molecule has 0 fully saturated rings. The fourth-order valence-electron chi connectivity index (χ4n) is 2.41. The number of nitrogens with two attached hydrogens (primary N) is 1. The van der Waals surface area contributed by atoms with E-state index in [0.29, 0.717) is 19.6 Å². The van der Waals surface area contributed by atoms with E-state index < -0.39 is 0 Å². The van der Waals surface area contributed by atoms with Gasteiger partial charge in [-0.15, -0.1) is 12.4 Å². The van der Waals surface area contributed by atoms with E-state index >= 15 is 0 Å². The van der Waals surface area contributed by atoms with Crippen LogP contribution in [0.3, 0.4) is 0 Å². The van der Waals surface area contributed by atoms with Crippen LogP contribution < -0.4 is 15.8 Å². The molecule has 4 nitrogen and oxygen atoms in total. The van der Waals surface area contributed by atoms with Crippen LogP contribution in [0, 0.1) is 13.8 Å². The molecule has 0 radical (unpaired) electrons. The Morgan fingerprint density at radius 3 is 2.38 bits per heavy atom. The van der Waals surface area contributed by atoms with E-state index in [9.17, 15) is 4.79 Å². The maximum atomic E-state index is 11.9. The SMILES string of the molecule is Cc1cc(C)cc(OCCC(=O)NCC(N)c2ccccc2)c1.Cl. The molecule has 24 heavy (non-hydrogen) atoms. The molecule has 0 aliphatic rings. The second-order valence-corrected chi connectivity index (χ2v) is 5.74. The number of amides is 1. The number of ether oxygens (including phenoxy) is 1. The van der Waals surface area contributed by atoms with Crippen LogP contribution in [0.2, 0.25) is 0 Å². The van der Waals surface area contributed by atoms with Gasteiger partial charge in [-0.05, 0) is 42.7 Å². The lowest BCUT2D eigenvalue weighted by molar-refractivity contribution is -0.121. The Hall–Kier alpha value is -2.04. The molecule has 1 unspecified atom stereocenters. The zero-order valence-corrected chi connectivity index (χ0v) is 14.9. The first-order valence-corrected chi connectivity index (χ1v) is 7.83. The fraction of sp³-hybridized carbons (Fsp3) is 0.316. The van der Waals surface area contributed by atoms with Crippen molar-refractivity contribution >= 4 is 18.3 Å². The summed E-state index contributed by atoms with van der Waals surface area (Å²) < 4.78 is 5.64. The third-order valence-corrected chi connectivity index (χ3v) is 3.54. The normalized spacial score (nSPS) is 11.3. The van der Waals surface area contributed by atoms with E-state index in [1.807, 2.05) is 56.3 Å². The number of aryl methyl sites for hydroxylation is 2. The van der Waals surface area contributed by atoms with E-state index in [2.05, 4.69) is 11.4 Å². The quantitative estimate of drug-likeness (QED) is 0.806. The third-order valence-electron chi connectivity index (χ3n) is 3.54. The lowest BCUT2D eigenvalue weighted by Gasteiger charge is -2.13. The highest BCUT2D eigenvalue weighted by Gasteiger charge is 2.08. The van der Waals surface area contributed by atoms with Gasteiger partial charge in [-0.25, -0.2) is 0 Å². The molecular weight excluding hydrogens is 324 g/mol. The van der Waals surface area contributed by atoms with Gasteiger partial charge < -0.3 is 15.8 Å². The first kappa shape index (κ1) is 20.0. The number of benzene rings is 2. The second kappa shape index (κ2) is 9.96. The first-order chi connectivity index (χ1) is 11.0. The van der Waals surface area contributed by atoms with E-state index in [0.717, 1.165) is 22.4 Å². The van der Waals surface area contributed by atoms with Crippen molar-refractivity contribution in [1.29, 1.82) is 0 Å². The van der Waals surface area contributed by atoms with Gasteiger partial charge in [0, 0.05) is 12.6 Å². The minimum atomic E-state index is -0.194. The van der Waals surface area contributed by atoms with E-state index in [1.165, 1.54) is 0 Å². The molecule has 5 heteroatoms. The number of nitrogens with one attached hydrogen (secondary N) is 1. The molecule has 0 spiro atoms. The molecule has 2 aromatic rings. The summed E-state index contributed by atoms with van der Waals surface area (Å²) in [6.45, 7) is 4.83. The van der Waals surface area contributed by atoms with Crippen LogP contribution in [0.4, 0.5) is 0 Å². The fourth-order valence-corrected chi connectivity index (χ4v) is 2.41. The standard InChI is InChI=1S/C19H24N2O2.ClH/c1-14-10-15(2)12-17(11-14)23-9-8-19(22)21-13-18(20)16-6-4-3-5-7-16;/h3-7,10-12,18H,8-9,13,20H2,1-2H3,(H,21,22);1H. The van der Waals surface area contributed by atoms with Crippen LogP contribution in [0.1, 0.15) is 29.2 Å². The minimum absolute atomic E-state index is 0. The summed E-state index contributed by atoms with van der Waals surface area (Å²) in [4.78, 5) is 11.9. The monoisotopic (exact) mass is 348 g/mol. The smallest absolute Gasteiger partial charge is 0.223 e. The van der Waals surface area contributed by atoms with Crippen molar-refractivity contribution in [3.63, 3.8) is 0 Å². The lowest BCUT2D eigenvalue weighted by Crippen LogP contribution is -2.32. The Labute approximate surface area is 149 Å². The van der Waals surface area contributed by atoms with Gasteiger partial charge in [0.1, 0.15) is 5.75 Å². The average Bonchev–Trinajstić information content (AvgIpc) is 2.52. The summed E-state index contributed by atoms with van der Waals surface area (Å²) >= 11 is 0. The van der Waals surface area contributed by atoms with Crippen molar-refractivity contribution in [3.05, 3.63) is 65.2 Å². The number of hydrogen-bond donors (Lipinski definition) is 2. The summed E-state index contributed by atoms with van der Waals surface area (Å²) in [7, 11) is 0. The minimum Gasteiger partial charge on any atom is -0.493 e. The van der Waals surface area contributed by atoms with Gasteiger partial charge in [0.05, 0.1) is 13.0 Å². The molecular formula is C19H25ClN2O2. The molecule has 2 aromatic carbocycles. The van der Waals surface area contributed by atoms with Crippen LogP contribution in [-0.4, -0.2) is 19.1 Å². The highest BCUT2D eigenvalue weighted by Crippen LogP contribution is 2.16. The number of hydrogen-bond acceptors (Lipinski definition) is 3. The molecule has 3 N–H and O–H groups in total. The van der Waals surface area contributed by atoms with Gasteiger partial charge in [-0.1, -0.05) is 36.4 Å². The molecule has 0 saturated carbocycles. The summed E-state index contributed by atoms with van der Waals surface area (Å²) in [6.07, 6.45) is 0.314. The Morgan fingerprint density at radius 2 is 1.75 bits per heavy atom. The van der Waals surface area contributed by atoms with Crippen molar-refractivity contribution in [2.75, 3.05) is 13.2 Å². The van der Waals surface area contributed by atoms with Crippen LogP contribution in [0.5, 0.6) is 5.75 Å². The number of rotatable bonds is 7. The molecule has 0 bridgehead atoms. The van der Waals surface area contributed by atoms with E-state index in [-0.39, 0.29) is 24.4 Å². The molecule has 0 aromatic heterocycles. The van der Waals surface area contributed by atoms with Gasteiger partial charge in [-0.2, -0.15) is 0 Å². The molecule has 0 aliphatic carbocycles. The molecule has 0 saturated heterocycles. The van der Waals surface area contributed by atoms with Gasteiger partial charge in [0.2, 0.25) is 5.91 Å². The number of carbonyl (C=O) groups is 1. The van der Waals surface area contributed by atoms with Gasteiger partial charge in [0.15, 0.2) is 0 Å². The topological polar surface area (TPSA) is 64.3 Å². The zero-order valence-electron chi connectivity index (χ0n) is 14.1. The van der Waals surface area contributed by atoms with Crippen molar-refractivity contribution in [3.8, 4) is 5.75 Å². The molecule has 1 amide bonds. The largest absolute Gasteiger partial charge is 0.493 e. The van der Waals surface area contributed by atoms with Gasteiger partial charge in [-0.3, -0.25) is 4.79 Å². The Morgan fingerprint density at radius 1 is 1.12 bits per heavy atom. The van der Waals surface area contributed by atoms with Crippen molar-refractivity contribution < 1.29 is 9.53 Å². The molecule has 0 aliphatic heterocycles. The maximum absolute atomic E-state index is 11.9. The van der Waals surface area contributed by atoms with Gasteiger partial charge in [0.25, 0.3) is 0 Å². The van der Waals surface area contributed by atoms with Crippen molar-refractivity contribution in [1.82, 2.24) is 5.32 Å². The van der Waals surface area contributed by atoms with E-state index in [1.54, 1.807) is 0 Å². The summed E-state index contributed by atoms with van der Waals surface area (Å²) in [6, 6.07) is 15.6. The predicted octanol–water partition coefficient (Wildman–Crippen LogP) is 3.31. The summed E-state index contributed by atoms with van der Waals surface area (Å²) in [5.41, 5.74) is 9.37. The lowest BCUT2D eigenvalue weighted by atomic mass is 10.1. The molecule has 1 atom stereocenters. The summed E-state index contributed by atoms with van der Waals surface area (Å²) in [5, 5.41) is 2.85. The van der Waals surface area contributed by atoms with Gasteiger partial charge >= 0.3 is 0 Å². The van der Waals surface area contributed by atoms with Crippen LogP contribution >= 0.6 is 12.4 Å². The highest BCUT2D eigenvalue weighted by atomic mass is 35.5. The Balaban J connectivity index is 0.00000288. The number of halogens is 1. The van der Waals surface area contributed by atoms with Crippen LogP contribution in [0.25, 0.3) is 0 Å². The van der Waals surface area contributed by atoms with Crippen LogP contribution in [0.15, 0.2) is 48.5 Å². The van der Waals surface area contributed by atoms with E-state index in [4.69, 9.17) is 10.5 Å². The maximum Gasteiger partial charge on any atom is 0.223 e. The first-order valence-electron chi connectivity index (χ1n) is 7.83. The van der Waals surface area contributed by atoms with Crippen molar-refractivity contribution in [2.45, 2.75) is 26.3 Å².